The van der Waals surface area contributed by atoms with E-state index in [1.807, 2.05) is 25.1 Å². The molecule has 0 unspecified atom stereocenters. The van der Waals surface area contributed by atoms with Crippen LogP contribution in [0.1, 0.15) is 5.56 Å². The second-order valence-corrected chi connectivity index (χ2v) is 2.87. The van der Waals surface area contributed by atoms with E-state index >= 15 is 0 Å². The van der Waals surface area contributed by atoms with Gasteiger partial charge in [-0.05, 0) is 17.9 Å². The lowest BCUT2D eigenvalue weighted by atomic mass is 10.1. The molecule has 0 fully saturated rings. The van der Waals surface area contributed by atoms with Gasteiger partial charge in [0.15, 0.2) is 0 Å². The second kappa shape index (κ2) is 2.48. The molecule has 0 amide bonds. The smallest absolute Gasteiger partial charge is 0.131 e. The van der Waals surface area contributed by atoms with Crippen LogP contribution in [0.25, 0.3) is 10.8 Å². The van der Waals surface area contributed by atoms with E-state index in [2.05, 4.69) is 11.1 Å². The topological polar surface area (TPSA) is 38.9 Å². The zero-order valence-corrected chi connectivity index (χ0v) is 6.91. The second-order valence-electron chi connectivity index (χ2n) is 2.87. The number of nitrogen functional groups attached to an aromatic ring is 1. The van der Waals surface area contributed by atoms with Crippen LogP contribution in [0.2, 0.25) is 0 Å². The maximum absolute atomic E-state index is 5.71. The first-order chi connectivity index (χ1) is 5.79. The first-order valence-electron chi connectivity index (χ1n) is 3.89. The minimum atomic E-state index is 0.608. The Morgan fingerprint density at radius 3 is 2.50 bits per heavy atom. The number of benzene rings is 1. The first kappa shape index (κ1) is 7.10. The van der Waals surface area contributed by atoms with Crippen molar-refractivity contribution in [3.63, 3.8) is 0 Å². The standard InChI is InChI=1S/C10H10N2/c1-7-6-12-10(11)9-5-3-2-4-8(7)9/h2-6H,1H3,(H2,11,12). The summed E-state index contributed by atoms with van der Waals surface area (Å²) in [6.45, 7) is 2.04. The molecule has 1 aromatic heterocycles. The van der Waals surface area contributed by atoms with Gasteiger partial charge in [-0.1, -0.05) is 24.3 Å². The van der Waals surface area contributed by atoms with Crippen LogP contribution in [0.5, 0.6) is 0 Å². The van der Waals surface area contributed by atoms with Crippen molar-refractivity contribution in [1.82, 2.24) is 4.98 Å². The molecular formula is C10H10N2. The molecule has 0 spiro atoms. The predicted molar refractivity (Wildman–Crippen MR) is 50.9 cm³/mol. The van der Waals surface area contributed by atoms with Gasteiger partial charge in [0.2, 0.25) is 0 Å². The molecule has 2 nitrogen and oxygen atoms in total. The molecule has 2 N–H and O–H groups in total. The Kier molecular flexibility index (Phi) is 1.47. The van der Waals surface area contributed by atoms with E-state index in [1.165, 1.54) is 10.9 Å². The number of aromatic nitrogens is 1. The fourth-order valence-electron chi connectivity index (χ4n) is 1.36. The molecule has 0 aliphatic carbocycles. The SMILES string of the molecule is Cc1cnc(N)c2ccccc12. The van der Waals surface area contributed by atoms with Crippen LogP contribution in [-0.2, 0) is 0 Å². The molecule has 0 aliphatic rings. The summed E-state index contributed by atoms with van der Waals surface area (Å²) in [5.74, 6) is 0.608. The molecule has 0 aliphatic heterocycles. The van der Waals surface area contributed by atoms with Crippen molar-refractivity contribution in [2.45, 2.75) is 6.92 Å². The van der Waals surface area contributed by atoms with Gasteiger partial charge in [-0.25, -0.2) is 4.98 Å². The summed E-state index contributed by atoms with van der Waals surface area (Å²) in [5.41, 5.74) is 6.88. The number of fused-ring (bicyclic) bond motifs is 1. The summed E-state index contributed by atoms with van der Waals surface area (Å²) >= 11 is 0. The Labute approximate surface area is 71.0 Å². The molecule has 0 radical (unpaired) electrons. The van der Waals surface area contributed by atoms with Crippen molar-refractivity contribution < 1.29 is 0 Å². The molecule has 2 heteroatoms. The number of hydrogen-bond acceptors (Lipinski definition) is 2. The van der Waals surface area contributed by atoms with Gasteiger partial charge in [-0.15, -0.1) is 0 Å². The highest BCUT2D eigenvalue weighted by Gasteiger charge is 1.99. The third-order valence-electron chi connectivity index (χ3n) is 2.03. The third-order valence-corrected chi connectivity index (χ3v) is 2.03. The maximum atomic E-state index is 5.71. The van der Waals surface area contributed by atoms with Gasteiger partial charge in [-0.3, -0.25) is 0 Å². The van der Waals surface area contributed by atoms with Crippen LogP contribution in [0.3, 0.4) is 0 Å². The Bertz CT molecular complexity index is 381. The third kappa shape index (κ3) is 0.925. The zero-order valence-electron chi connectivity index (χ0n) is 6.91. The van der Waals surface area contributed by atoms with Gasteiger partial charge in [0.1, 0.15) is 5.82 Å². The Hall–Kier alpha value is -1.57. The van der Waals surface area contributed by atoms with Crippen molar-refractivity contribution in [2.75, 3.05) is 5.73 Å². The average molecular weight is 158 g/mol. The average Bonchev–Trinajstić information content (AvgIpc) is 2.12. The molecule has 12 heavy (non-hydrogen) atoms. The summed E-state index contributed by atoms with van der Waals surface area (Å²) in [5, 5.41) is 2.22. The lowest BCUT2D eigenvalue weighted by Gasteiger charge is -2.02. The van der Waals surface area contributed by atoms with E-state index in [1.54, 1.807) is 6.20 Å². The number of nitrogens with zero attached hydrogens (tertiary/aromatic N) is 1. The van der Waals surface area contributed by atoms with E-state index < -0.39 is 0 Å². The van der Waals surface area contributed by atoms with Crippen molar-refractivity contribution in [3.05, 3.63) is 36.0 Å². The van der Waals surface area contributed by atoms with Crippen LogP contribution in [0.4, 0.5) is 5.82 Å². The maximum Gasteiger partial charge on any atom is 0.131 e. The van der Waals surface area contributed by atoms with E-state index in [9.17, 15) is 0 Å². The summed E-state index contributed by atoms with van der Waals surface area (Å²) < 4.78 is 0. The molecular weight excluding hydrogens is 148 g/mol. The van der Waals surface area contributed by atoms with E-state index in [0.717, 1.165) is 5.39 Å². The highest BCUT2D eigenvalue weighted by molar-refractivity contribution is 5.92. The van der Waals surface area contributed by atoms with E-state index in [4.69, 9.17) is 5.73 Å². The first-order valence-corrected chi connectivity index (χ1v) is 3.89. The number of hydrogen-bond donors (Lipinski definition) is 1. The molecule has 0 saturated carbocycles. The number of rotatable bonds is 0. The van der Waals surface area contributed by atoms with Gasteiger partial charge in [0, 0.05) is 11.6 Å². The Morgan fingerprint density at radius 1 is 1.17 bits per heavy atom. The number of aryl methyl sites for hydroxylation is 1. The van der Waals surface area contributed by atoms with E-state index in [-0.39, 0.29) is 0 Å². The highest BCUT2D eigenvalue weighted by atomic mass is 14.8. The molecule has 0 bridgehead atoms. The van der Waals surface area contributed by atoms with E-state index in [0.29, 0.717) is 5.82 Å². The van der Waals surface area contributed by atoms with Crippen LogP contribution in [0.15, 0.2) is 30.5 Å². The predicted octanol–water partition coefficient (Wildman–Crippen LogP) is 2.13. The largest absolute Gasteiger partial charge is 0.383 e. The molecule has 1 aromatic carbocycles. The molecule has 1 heterocycles. The number of anilines is 1. The number of pyridine rings is 1. The highest BCUT2D eigenvalue weighted by Crippen LogP contribution is 2.20. The monoisotopic (exact) mass is 158 g/mol. The minimum absolute atomic E-state index is 0.608. The molecule has 0 saturated heterocycles. The van der Waals surface area contributed by atoms with Crippen molar-refractivity contribution in [1.29, 1.82) is 0 Å². The van der Waals surface area contributed by atoms with Gasteiger partial charge in [0.05, 0.1) is 0 Å². The van der Waals surface area contributed by atoms with Crippen LogP contribution in [-0.4, -0.2) is 4.98 Å². The molecule has 2 aromatic rings. The zero-order chi connectivity index (χ0) is 8.55. The lowest BCUT2D eigenvalue weighted by Crippen LogP contribution is -1.92. The normalized spacial score (nSPS) is 10.4. The van der Waals surface area contributed by atoms with Gasteiger partial charge in [-0.2, -0.15) is 0 Å². The summed E-state index contributed by atoms with van der Waals surface area (Å²) in [4.78, 5) is 4.08. The fraction of sp³-hybridized carbons (Fsp3) is 0.100. The van der Waals surface area contributed by atoms with Crippen molar-refractivity contribution >= 4 is 16.6 Å². The van der Waals surface area contributed by atoms with Crippen LogP contribution < -0.4 is 5.73 Å². The molecule has 60 valence electrons. The summed E-state index contributed by atoms with van der Waals surface area (Å²) in [7, 11) is 0. The summed E-state index contributed by atoms with van der Waals surface area (Å²) in [6, 6.07) is 8.03. The van der Waals surface area contributed by atoms with Crippen LogP contribution in [0, 0.1) is 6.92 Å². The Balaban J connectivity index is 2.95. The summed E-state index contributed by atoms with van der Waals surface area (Å²) in [6.07, 6.45) is 1.80. The number of nitrogens with two attached hydrogens (primary N) is 1. The quantitative estimate of drug-likeness (QED) is 0.637. The van der Waals surface area contributed by atoms with Gasteiger partial charge < -0.3 is 5.73 Å². The molecule has 2 rings (SSSR count). The van der Waals surface area contributed by atoms with Gasteiger partial charge >= 0.3 is 0 Å². The fourth-order valence-corrected chi connectivity index (χ4v) is 1.36. The lowest BCUT2D eigenvalue weighted by molar-refractivity contribution is 1.31. The van der Waals surface area contributed by atoms with Crippen LogP contribution >= 0.6 is 0 Å². The van der Waals surface area contributed by atoms with Crippen molar-refractivity contribution in [3.8, 4) is 0 Å². The van der Waals surface area contributed by atoms with Gasteiger partial charge in [0.25, 0.3) is 0 Å². The van der Waals surface area contributed by atoms with Crippen molar-refractivity contribution in [2.24, 2.45) is 0 Å². The minimum Gasteiger partial charge on any atom is -0.383 e. The Morgan fingerprint density at radius 2 is 1.83 bits per heavy atom. The molecule has 0 atom stereocenters.